The molecule has 0 amide bonds. The molecule has 3 rings (SSSR count). The summed E-state index contributed by atoms with van der Waals surface area (Å²) in [6, 6.07) is 12.8. The Bertz CT molecular complexity index is 819. The van der Waals surface area contributed by atoms with Crippen LogP contribution < -0.4 is 0 Å². The highest BCUT2D eigenvalue weighted by molar-refractivity contribution is 5.90. The molecule has 0 aliphatic heterocycles. The molecule has 1 aliphatic carbocycles. The van der Waals surface area contributed by atoms with Crippen LogP contribution in [0.4, 0.5) is 4.39 Å². The predicted molar refractivity (Wildman–Crippen MR) is 126 cm³/mol. The molecule has 2 aromatic rings. The van der Waals surface area contributed by atoms with E-state index in [0.717, 1.165) is 29.9 Å². The highest BCUT2D eigenvalue weighted by atomic mass is 19.1. The summed E-state index contributed by atoms with van der Waals surface area (Å²) in [6.07, 6.45) is 12.1. The van der Waals surface area contributed by atoms with Crippen molar-refractivity contribution in [3.05, 3.63) is 59.4 Å². The van der Waals surface area contributed by atoms with Crippen LogP contribution in [0.1, 0.15) is 99.9 Å². The molecular formula is C28H37FO2. The number of carbonyl (C=O) groups excluding carboxylic acids is 1. The number of hydrogen-bond donors (Lipinski definition) is 0. The Morgan fingerprint density at radius 2 is 1.65 bits per heavy atom. The number of halogens is 1. The van der Waals surface area contributed by atoms with Crippen LogP contribution in [0, 0.1) is 11.7 Å². The van der Waals surface area contributed by atoms with Crippen molar-refractivity contribution in [3.8, 4) is 11.1 Å². The van der Waals surface area contributed by atoms with Gasteiger partial charge in [-0.3, -0.25) is 0 Å². The van der Waals surface area contributed by atoms with Crippen LogP contribution in [0.5, 0.6) is 0 Å². The number of esters is 1. The first-order chi connectivity index (χ1) is 15.1. The average molecular weight is 425 g/mol. The van der Waals surface area contributed by atoms with Gasteiger partial charge in [-0.1, -0.05) is 70.2 Å². The molecule has 1 fully saturated rings. The molecule has 0 bridgehead atoms. The summed E-state index contributed by atoms with van der Waals surface area (Å²) in [7, 11) is 0. The molecule has 2 aromatic carbocycles. The quantitative estimate of drug-likeness (QED) is 0.283. The lowest BCUT2D eigenvalue weighted by Crippen LogP contribution is -2.13. The molecule has 0 spiro atoms. The largest absolute Gasteiger partial charge is 0.462 e. The standard InChI is InChI=1S/C28H37FO2/c1-3-5-7-8-21-9-11-22(12-10-21)25-17-18-26(27(29)20-25)23-13-15-24(16-14-23)28(30)31-19-6-4-2/h13-18,20-22H,3-12,19H2,1-2H3/t21-,22-. The van der Waals surface area contributed by atoms with Gasteiger partial charge in [0, 0.05) is 5.56 Å². The Labute approximate surface area is 187 Å². The van der Waals surface area contributed by atoms with E-state index in [9.17, 15) is 9.18 Å². The highest BCUT2D eigenvalue weighted by Gasteiger charge is 2.23. The SMILES string of the molecule is CCCCC[C@H]1CC[C@H](c2ccc(-c3ccc(C(=O)OCCCC)cc3)c(F)c2)CC1. The summed E-state index contributed by atoms with van der Waals surface area (Å²) in [5, 5.41) is 0. The zero-order chi connectivity index (χ0) is 22.1. The second kappa shape index (κ2) is 12.0. The number of rotatable bonds is 10. The minimum Gasteiger partial charge on any atom is -0.462 e. The van der Waals surface area contributed by atoms with Crippen LogP contribution in [0.25, 0.3) is 11.1 Å². The molecule has 0 unspecified atom stereocenters. The van der Waals surface area contributed by atoms with Gasteiger partial charge in [0.05, 0.1) is 12.2 Å². The van der Waals surface area contributed by atoms with E-state index in [4.69, 9.17) is 4.74 Å². The van der Waals surface area contributed by atoms with Crippen molar-refractivity contribution in [2.45, 2.75) is 84.0 Å². The first-order valence-corrected chi connectivity index (χ1v) is 12.2. The minimum atomic E-state index is -0.318. The number of ether oxygens (including phenoxy) is 1. The third-order valence-electron chi connectivity index (χ3n) is 6.69. The van der Waals surface area contributed by atoms with Gasteiger partial charge < -0.3 is 4.74 Å². The van der Waals surface area contributed by atoms with Crippen molar-refractivity contribution >= 4 is 5.97 Å². The van der Waals surface area contributed by atoms with Gasteiger partial charge >= 0.3 is 5.97 Å². The number of unbranched alkanes of at least 4 members (excludes halogenated alkanes) is 3. The van der Waals surface area contributed by atoms with E-state index < -0.39 is 0 Å². The van der Waals surface area contributed by atoms with E-state index in [-0.39, 0.29) is 11.8 Å². The first kappa shape index (κ1) is 23.5. The van der Waals surface area contributed by atoms with Crippen molar-refractivity contribution in [3.63, 3.8) is 0 Å². The Morgan fingerprint density at radius 1 is 0.935 bits per heavy atom. The van der Waals surface area contributed by atoms with Crippen molar-refractivity contribution in [1.82, 2.24) is 0 Å². The Balaban J connectivity index is 1.59. The summed E-state index contributed by atoms with van der Waals surface area (Å²) in [5.74, 6) is 0.840. The van der Waals surface area contributed by atoms with Gasteiger partial charge in [0.1, 0.15) is 5.82 Å². The molecule has 0 heterocycles. The van der Waals surface area contributed by atoms with Crippen LogP contribution in [-0.2, 0) is 4.74 Å². The molecule has 1 aliphatic rings. The molecule has 31 heavy (non-hydrogen) atoms. The molecule has 168 valence electrons. The summed E-state index contributed by atoms with van der Waals surface area (Å²) in [5.41, 5.74) is 3.01. The molecule has 1 saturated carbocycles. The number of carbonyl (C=O) groups is 1. The second-order valence-corrected chi connectivity index (χ2v) is 9.02. The zero-order valence-electron chi connectivity index (χ0n) is 19.2. The van der Waals surface area contributed by atoms with Crippen molar-refractivity contribution < 1.29 is 13.9 Å². The third kappa shape index (κ3) is 6.66. The Morgan fingerprint density at radius 3 is 2.29 bits per heavy atom. The zero-order valence-corrected chi connectivity index (χ0v) is 19.2. The van der Waals surface area contributed by atoms with Gasteiger partial charge in [-0.05, 0) is 73.3 Å². The Hall–Kier alpha value is -2.16. The topological polar surface area (TPSA) is 26.3 Å². The molecule has 0 atom stereocenters. The van der Waals surface area contributed by atoms with E-state index >= 15 is 0 Å². The molecule has 0 N–H and O–H groups in total. The van der Waals surface area contributed by atoms with Crippen molar-refractivity contribution in [2.24, 2.45) is 5.92 Å². The van der Waals surface area contributed by atoms with E-state index in [1.165, 1.54) is 51.4 Å². The molecule has 0 saturated heterocycles. The summed E-state index contributed by atoms with van der Waals surface area (Å²) in [4.78, 5) is 12.1. The predicted octanol–water partition coefficient (Wildman–Crippen LogP) is 8.30. The minimum absolute atomic E-state index is 0.180. The molecule has 0 aromatic heterocycles. The lowest BCUT2D eigenvalue weighted by atomic mass is 9.77. The fourth-order valence-electron chi connectivity index (χ4n) is 4.67. The van der Waals surface area contributed by atoms with E-state index in [0.29, 0.717) is 23.7 Å². The fourth-order valence-corrected chi connectivity index (χ4v) is 4.67. The maximum absolute atomic E-state index is 14.9. The molecule has 2 nitrogen and oxygen atoms in total. The lowest BCUT2D eigenvalue weighted by molar-refractivity contribution is 0.0500. The van der Waals surface area contributed by atoms with E-state index in [2.05, 4.69) is 19.9 Å². The smallest absolute Gasteiger partial charge is 0.338 e. The molecule has 3 heteroatoms. The van der Waals surface area contributed by atoms with Crippen LogP contribution in [0.3, 0.4) is 0 Å². The van der Waals surface area contributed by atoms with Gasteiger partial charge in [0.2, 0.25) is 0 Å². The second-order valence-electron chi connectivity index (χ2n) is 9.02. The monoisotopic (exact) mass is 424 g/mol. The van der Waals surface area contributed by atoms with Crippen LogP contribution in [0.2, 0.25) is 0 Å². The van der Waals surface area contributed by atoms with E-state index in [1.54, 1.807) is 30.3 Å². The van der Waals surface area contributed by atoms with Gasteiger partial charge in [-0.25, -0.2) is 9.18 Å². The number of benzene rings is 2. The van der Waals surface area contributed by atoms with Crippen LogP contribution in [0.15, 0.2) is 42.5 Å². The summed E-state index contributed by atoms with van der Waals surface area (Å²) >= 11 is 0. The molecular weight excluding hydrogens is 387 g/mol. The molecule has 0 radical (unpaired) electrons. The summed E-state index contributed by atoms with van der Waals surface area (Å²) < 4.78 is 20.2. The normalized spacial score (nSPS) is 18.7. The lowest BCUT2D eigenvalue weighted by Gasteiger charge is -2.29. The van der Waals surface area contributed by atoms with Gasteiger partial charge in [-0.2, -0.15) is 0 Å². The highest BCUT2D eigenvalue weighted by Crippen LogP contribution is 2.38. The van der Waals surface area contributed by atoms with Crippen LogP contribution in [-0.4, -0.2) is 12.6 Å². The van der Waals surface area contributed by atoms with Crippen LogP contribution >= 0.6 is 0 Å². The van der Waals surface area contributed by atoms with Gasteiger partial charge in [0.15, 0.2) is 0 Å². The van der Waals surface area contributed by atoms with Crippen molar-refractivity contribution in [2.75, 3.05) is 6.61 Å². The van der Waals surface area contributed by atoms with Crippen molar-refractivity contribution in [1.29, 1.82) is 0 Å². The summed E-state index contributed by atoms with van der Waals surface area (Å²) in [6.45, 7) is 4.75. The maximum atomic E-state index is 14.9. The van der Waals surface area contributed by atoms with Gasteiger partial charge in [-0.15, -0.1) is 0 Å². The van der Waals surface area contributed by atoms with E-state index in [1.807, 2.05) is 6.07 Å². The van der Waals surface area contributed by atoms with Gasteiger partial charge in [0.25, 0.3) is 0 Å². The fraction of sp³-hybridized carbons (Fsp3) is 0.536. The number of hydrogen-bond acceptors (Lipinski definition) is 2. The third-order valence-corrected chi connectivity index (χ3v) is 6.69. The average Bonchev–Trinajstić information content (AvgIpc) is 2.80. The Kier molecular flexibility index (Phi) is 9.12. The first-order valence-electron chi connectivity index (χ1n) is 12.2. The maximum Gasteiger partial charge on any atom is 0.338 e.